The summed E-state index contributed by atoms with van der Waals surface area (Å²) in [5.74, 6) is 0.649. The van der Waals surface area contributed by atoms with E-state index < -0.39 is 24.1 Å². The van der Waals surface area contributed by atoms with E-state index in [9.17, 15) is 13.2 Å². The lowest BCUT2D eigenvalue weighted by Gasteiger charge is -2.25. The number of ether oxygens (including phenoxy) is 2. The molecule has 9 heteroatoms. The number of aromatic nitrogens is 4. The highest BCUT2D eigenvalue weighted by Gasteiger charge is 2.37. The first-order valence-electron chi connectivity index (χ1n) is 14.8. The fraction of sp³-hybridized carbons (Fsp3) is 0.222. The van der Waals surface area contributed by atoms with E-state index in [4.69, 9.17) is 9.47 Å². The second kappa shape index (κ2) is 11.1. The van der Waals surface area contributed by atoms with Crippen molar-refractivity contribution < 1.29 is 22.6 Å². The maximum Gasteiger partial charge on any atom is 0.141 e. The minimum absolute atomic E-state index is 0.373. The number of halogens is 3. The third kappa shape index (κ3) is 5.02. The monoisotopic (exact) mass is 608 g/mol. The van der Waals surface area contributed by atoms with Crippen LogP contribution in [0, 0.1) is 20.8 Å². The predicted molar refractivity (Wildman–Crippen MR) is 169 cm³/mol. The molecule has 0 bridgehead atoms. The molecule has 228 valence electrons. The summed E-state index contributed by atoms with van der Waals surface area (Å²) < 4.78 is 59.2. The van der Waals surface area contributed by atoms with Crippen LogP contribution in [-0.4, -0.2) is 38.8 Å². The average molecular weight is 609 g/mol. The van der Waals surface area contributed by atoms with Crippen molar-refractivity contribution >= 4 is 21.8 Å². The summed E-state index contributed by atoms with van der Waals surface area (Å²) in [6.07, 6.45) is -1.08. The first-order valence-corrected chi connectivity index (χ1v) is 14.8. The molecule has 1 aliphatic carbocycles. The standard InChI is InChI=1S/C36H31F3N4O2/c1-20-13-24(43-22(3)35(21(2)41-43)36-30(38)15-23(37)16-31(36)39)17-27(14-20)45-26-9-10-29-28-7-5-6-8-32(28)42(33(29)18-26)34-19-25(44-4)11-12-40-34/h5-15,17-19,23,31,36H,16H2,1-4H3/t23?,31-,36+/m0/s1. The number of para-hydroxylation sites is 1. The SMILES string of the molecule is COc1ccnc(-n2c3ccccc3c3ccc(Oc4cc(C)cc(-n5nc(C)c([C@@H]6C(F)=CC(F)C[C@@H]6F)c5C)c4)cc32)c1. The molecule has 6 nitrogen and oxygen atoms in total. The molecule has 45 heavy (non-hydrogen) atoms. The van der Waals surface area contributed by atoms with Gasteiger partial charge in [-0.2, -0.15) is 5.10 Å². The van der Waals surface area contributed by atoms with Crippen LogP contribution in [-0.2, 0) is 0 Å². The molecule has 0 fully saturated rings. The number of methoxy groups -OCH3 is 1. The number of aryl methyl sites for hydroxylation is 2. The molecule has 0 saturated heterocycles. The highest BCUT2D eigenvalue weighted by atomic mass is 19.2. The molecule has 3 heterocycles. The Morgan fingerprint density at radius 3 is 2.44 bits per heavy atom. The third-order valence-electron chi connectivity index (χ3n) is 8.45. The van der Waals surface area contributed by atoms with E-state index in [1.54, 1.807) is 31.8 Å². The van der Waals surface area contributed by atoms with Crippen molar-refractivity contribution in [3.05, 3.63) is 113 Å². The van der Waals surface area contributed by atoms with Crippen LogP contribution in [0.25, 0.3) is 33.3 Å². The molecule has 0 N–H and O–H groups in total. The molecule has 3 aromatic heterocycles. The van der Waals surface area contributed by atoms with Crippen LogP contribution in [0.5, 0.6) is 17.2 Å². The van der Waals surface area contributed by atoms with Gasteiger partial charge >= 0.3 is 0 Å². The van der Waals surface area contributed by atoms with E-state index in [0.717, 1.165) is 39.3 Å². The van der Waals surface area contributed by atoms with Gasteiger partial charge in [-0.3, -0.25) is 4.57 Å². The number of alkyl halides is 2. The molecule has 0 saturated carbocycles. The van der Waals surface area contributed by atoms with Crippen molar-refractivity contribution in [1.29, 1.82) is 0 Å². The number of nitrogens with zero attached hydrogens (tertiary/aromatic N) is 4. The molecule has 3 aromatic carbocycles. The van der Waals surface area contributed by atoms with Crippen molar-refractivity contribution in [2.45, 2.75) is 45.5 Å². The number of fused-ring (bicyclic) bond motifs is 3. The minimum atomic E-state index is -1.67. The Morgan fingerprint density at radius 1 is 0.844 bits per heavy atom. The fourth-order valence-corrected chi connectivity index (χ4v) is 6.50. The van der Waals surface area contributed by atoms with E-state index in [-0.39, 0.29) is 6.42 Å². The molecular weight excluding hydrogens is 577 g/mol. The lowest BCUT2D eigenvalue weighted by Crippen LogP contribution is -2.25. The van der Waals surface area contributed by atoms with Gasteiger partial charge in [-0.1, -0.05) is 18.2 Å². The summed E-state index contributed by atoms with van der Waals surface area (Å²) in [6, 6.07) is 23.5. The highest BCUT2D eigenvalue weighted by Crippen LogP contribution is 2.41. The molecule has 7 rings (SSSR count). The average Bonchev–Trinajstić information content (AvgIpc) is 3.49. The van der Waals surface area contributed by atoms with E-state index in [1.807, 2.05) is 67.6 Å². The molecule has 6 aromatic rings. The van der Waals surface area contributed by atoms with Crippen LogP contribution in [0.2, 0.25) is 0 Å². The van der Waals surface area contributed by atoms with Crippen LogP contribution >= 0.6 is 0 Å². The number of pyridine rings is 1. The summed E-state index contributed by atoms with van der Waals surface area (Å²) in [7, 11) is 1.63. The number of benzene rings is 3. The van der Waals surface area contributed by atoms with Crippen LogP contribution in [0.1, 0.15) is 34.9 Å². The van der Waals surface area contributed by atoms with Crippen molar-refractivity contribution in [1.82, 2.24) is 19.3 Å². The van der Waals surface area contributed by atoms with Crippen LogP contribution < -0.4 is 9.47 Å². The highest BCUT2D eigenvalue weighted by molar-refractivity contribution is 6.09. The van der Waals surface area contributed by atoms with E-state index in [1.165, 1.54) is 0 Å². The van der Waals surface area contributed by atoms with Crippen molar-refractivity contribution in [2.24, 2.45) is 0 Å². The second-order valence-corrected chi connectivity index (χ2v) is 11.5. The topological polar surface area (TPSA) is 54.1 Å². The maximum absolute atomic E-state index is 14.9. The Kier molecular flexibility index (Phi) is 7.11. The molecule has 3 atom stereocenters. The molecule has 0 radical (unpaired) electrons. The van der Waals surface area contributed by atoms with Gasteiger partial charge in [-0.05, 0) is 68.8 Å². The van der Waals surface area contributed by atoms with Gasteiger partial charge in [0, 0.05) is 52.8 Å². The minimum Gasteiger partial charge on any atom is -0.497 e. The zero-order chi connectivity index (χ0) is 31.4. The second-order valence-electron chi connectivity index (χ2n) is 11.5. The van der Waals surface area contributed by atoms with E-state index >= 15 is 0 Å². The summed E-state index contributed by atoms with van der Waals surface area (Å²) >= 11 is 0. The molecule has 1 aliphatic rings. The Hall–Kier alpha value is -5.05. The number of allylic oxidation sites excluding steroid dienone is 2. The van der Waals surface area contributed by atoms with Gasteiger partial charge in [0.05, 0.1) is 35.4 Å². The fourth-order valence-electron chi connectivity index (χ4n) is 6.50. The smallest absolute Gasteiger partial charge is 0.141 e. The first-order chi connectivity index (χ1) is 21.7. The normalized spacial score (nSPS) is 18.4. The van der Waals surface area contributed by atoms with Gasteiger partial charge in [-0.15, -0.1) is 0 Å². The van der Waals surface area contributed by atoms with E-state index in [2.05, 4.69) is 26.8 Å². The quantitative estimate of drug-likeness (QED) is 0.189. The zero-order valence-corrected chi connectivity index (χ0v) is 25.3. The van der Waals surface area contributed by atoms with Gasteiger partial charge < -0.3 is 9.47 Å². The Balaban J connectivity index is 1.28. The molecule has 0 amide bonds. The first kappa shape index (κ1) is 28.7. The number of rotatable bonds is 6. The lowest BCUT2D eigenvalue weighted by atomic mass is 9.85. The van der Waals surface area contributed by atoms with Gasteiger partial charge in [-0.25, -0.2) is 22.8 Å². The number of hydrogen-bond acceptors (Lipinski definition) is 4. The van der Waals surface area contributed by atoms with Crippen molar-refractivity contribution in [2.75, 3.05) is 7.11 Å². The maximum atomic E-state index is 14.9. The van der Waals surface area contributed by atoms with E-state index in [0.29, 0.717) is 39.9 Å². The molecular formula is C36H31F3N4O2. The van der Waals surface area contributed by atoms with Gasteiger partial charge in [0.25, 0.3) is 0 Å². The molecule has 0 aliphatic heterocycles. The molecule has 1 unspecified atom stereocenters. The molecule has 0 spiro atoms. The Labute approximate surface area is 258 Å². The van der Waals surface area contributed by atoms with Gasteiger partial charge in [0.2, 0.25) is 0 Å². The van der Waals surface area contributed by atoms with Crippen molar-refractivity contribution in [3.63, 3.8) is 0 Å². The Bertz CT molecular complexity index is 2120. The summed E-state index contributed by atoms with van der Waals surface area (Å²) in [5.41, 5.74) is 5.06. The summed E-state index contributed by atoms with van der Waals surface area (Å²) in [5, 5.41) is 6.78. The zero-order valence-electron chi connectivity index (χ0n) is 25.3. The van der Waals surface area contributed by atoms with Gasteiger partial charge in [0.15, 0.2) is 0 Å². The van der Waals surface area contributed by atoms with Crippen LogP contribution in [0.4, 0.5) is 13.2 Å². The van der Waals surface area contributed by atoms with Crippen molar-refractivity contribution in [3.8, 4) is 28.8 Å². The third-order valence-corrected chi connectivity index (χ3v) is 8.45. The largest absolute Gasteiger partial charge is 0.497 e. The summed E-state index contributed by atoms with van der Waals surface area (Å²) in [6.45, 7) is 5.44. The lowest BCUT2D eigenvalue weighted by molar-refractivity contribution is 0.195. The van der Waals surface area contributed by atoms with Gasteiger partial charge in [0.1, 0.15) is 41.2 Å². The van der Waals surface area contributed by atoms with Crippen LogP contribution in [0.15, 0.2) is 90.9 Å². The predicted octanol–water partition coefficient (Wildman–Crippen LogP) is 9.11. The Morgan fingerprint density at radius 2 is 1.64 bits per heavy atom. The summed E-state index contributed by atoms with van der Waals surface area (Å²) in [4.78, 5) is 4.63. The number of hydrogen-bond donors (Lipinski definition) is 0. The van der Waals surface area contributed by atoms with Crippen LogP contribution in [0.3, 0.4) is 0 Å².